The van der Waals surface area contributed by atoms with Crippen molar-refractivity contribution in [1.29, 1.82) is 0 Å². The van der Waals surface area contributed by atoms with Gasteiger partial charge in [0.15, 0.2) is 0 Å². The number of rotatable bonds is 3. The van der Waals surface area contributed by atoms with Crippen molar-refractivity contribution in [2.24, 2.45) is 0 Å². The largest absolute Gasteiger partial charge is 3.00 e. The smallest absolute Gasteiger partial charge is 1.00 e. The van der Waals surface area contributed by atoms with Crippen molar-refractivity contribution in [3.8, 4) is 11.1 Å². The Hall–Kier alpha value is -2.60. The molecule has 0 aliphatic heterocycles. The van der Waals surface area contributed by atoms with Crippen molar-refractivity contribution in [1.82, 2.24) is 4.98 Å². The Kier molecular flexibility index (Phi) is 8.01. The molecular weight excluding hydrogens is 485 g/mol. The third-order valence-corrected chi connectivity index (χ3v) is 6.09. The normalized spacial score (nSPS) is 14.9. The van der Waals surface area contributed by atoms with Crippen molar-refractivity contribution in [3.05, 3.63) is 137 Å². The third-order valence-electron chi connectivity index (χ3n) is 6.09. The first kappa shape index (κ1) is 25.0. The van der Waals surface area contributed by atoms with Gasteiger partial charge in [-0.1, -0.05) is 83.9 Å². The van der Waals surface area contributed by atoms with Crippen LogP contribution in [-0.4, -0.2) is 4.98 Å². The number of nitrogens with zero attached hydrogens (tertiary/aromatic N) is 1. The van der Waals surface area contributed by atoms with Gasteiger partial charge in [0.05, 0.1) is 5.52 Å². The maximum absolute atomic E-state index is 4.76. The van der Waals surface area contributed by atoms with E-state index in [2.05, 4.69) is 97.1 Å². The van der Waals surface area contributed by atoms with Crippen LogP contribution in [0.3, 0.4) is 0 Å². The number of hydrogen-bond donors (Lipinski definition) is 0. The van der Waals surface area contributed by atoms with Gasteiger partial charge >= 0.3 is 17.4 Å². The SMILES string of the molecule is [C-]1=C2C=CC=CC2c2ccc(Cc3ccccc3)c(-c3cccc4cccnc34)c21.[Cl-].[Cl-].[Cr+3]. The van der Waals surface area contributed by atoms with Crippen LogP contribution >= 0.6 is 0 Å². The first-order chi connectivity index (χ1) is 14.9. The molecule has 1 radical (unpaired) electrons. The number of allylic oxidation sites excluding steroid dienone is 5. The van der Waals surface area contributed by atoms with E-state index >= 15 is 0 Å². The molecule has 0 amide bonds. The summed E-state index contributed by atoms with van der Waals surface area (Å²) in [6, 6.07) is 25.9. The van der Waals surface area contributed by atoms with Gasteiger partial charge in [-0.25, -0.2) is 0 Å². The Morgan fingerprint density at radius 3 is 2.48 bits per heavy atom. The van der Waals surface area contributed by atoms with Gasteiger partial charge in [0, 0.05) is 6.20 Å². The van der Waals surface area contributed by atoms with Crippen LogP contribution in [-0.2, 0) is 23.8 Å². The van der Waals surface area contributed by atoms with Crippen molar-refractivity contribution in [2.75, 3.05) is 0 Å². The molecule has 0 N–H and O–H groups in total. The Labute approximate surface area is 217 Å². The fourth-order valence-electron chi connectivity index (χ4n) is 4.71. The van der Waals surface area contributed by atoms with Crippen LogP contribution in [0.4, 0.5) is 0 Å². The summed E-state index contributed by atoms with van der Waals surface area (Å²) < 4.78 is 0. The molecule has 4 heteroatoms. The maximum atomic E-state index is 4.76. The monoisotopic (exact) mass is 504 g/mol. The van der Waals surface area contributed by atoms with Crippen LogP contribution in [0.15, 0.2) is 109 Å². The number of pyridine rings is 1. The fraction of sp³-hybridized carbons (Fsp3) is 0.0690. The molecule has 2 aliphatic carbocycles. The van der Waals surface area contributed by atoms with E-state index in [1.54, 1.807) is 0 Å². The van der Waals surface area contributed by atoms with Gasteiger partial charge in [-0.15, -0.1) is 41.0 Å². The van der Waals surface area contributed by atoms with E-state index in [0.29, 0.717) is 5.92 Å². The quantitative estimate of drug-likeness (QED) is 0.376. The molecule has 1 atom stereocenters. The molecule has 2 aliphatic rings. The molecule has 3 aromatic carbocycles. The summed E-state index contributed by atoms with van der Waals surface area (Å²) >= 11 is 0. The molecule has 161 valence electrons. The molecule has 6 rings (SSSR count). The molecule has 33 heavy (non-hydrogen) atoms. The topological polar surface area (TPSA) is 12.9 Å². The molecule has 1 nitrogen and oxygen atoms in total. The number of halogens is 2. The Morgan fingerprint density at radius 2 is 1.64 bits per heavy atom. The molecule has 1 heterocycles. The molecule has 4 aromatic rings. The van der Waals surface area contributed by atoms with E-state index in [-0.39, 0.29) is 42.2 Å². The first-order valence-corrected chi connectivity index (χ1v) is 10.4. The van der Waals surface area contributed by atoms with Crippen LogP contribution in [0.25, 0.3) is 22.0 Å². The number of aromatic nitrogens is 1. The molecule has 0 saturated heterocycles. The zero-order valence-electron chi connectivity index (χ0n) is 17.7. The maximum Gasteiger partial charge on any atom is 3.00 e. The Morgan fingerprint density at radius 1 is 0.818 bits per heavy atom. The van der Waals surface area contributed by atoms with Crippen molar-refractivity contribution < 1.29 is 42.2 Å². The molecular formula is C29H20Cl2CrN. The standard InChI is InChI=1S/C29H20N.2ClH.Cr/c1-2-8-20(9-3-1)18-23-15-16-25-24-13-5-4-10-22(24)19-27(25)28(23)26-14-6-11-21-12-7-17-30-29(21)26;;;/h1-17,24H,18H2;2*1H;/q-1;;;+3/p-2. The fourth-order valence-corrected chi connectivity index (χ4v) is 4.71. The van der Waals surface area contributed by atoms with Crippen LogP contribution in [0.2, 0.25) is 0 Å². The molecule has 1 unspecified atom stereocenters. The van der Waals surface area contributed by atoms with Crippen molar-refractivity contribution in [3.63, 3.8) is 0 Å². The average molecular weight is 505 g/mol. The summed E-state index contributed by atoms with van der Waals surface area (Å²) in [6.45, 7) is 0. The predicted molar refractivity (Wildman–Crippen MR) is 123 cm³/mol. The number of para-hydroxylation sites is 1. The Balaban J connectivity index is 0.00000102. The minimum absolute atomic E-state index is 0. The molecule has 0 spiro atoms. The van der Waals surface area contributed by atoms with Gasteiger partial charge in [-0.3, -0.25) is 4.98 Å². The molecule has 1 aromatic heterocycles. The van der Waals surface area contributed by atoms with Gasteiger partial charge in [0.25, 0.3) is 0 Å². The van der Waals surface area contributed by atoms with Crippen LogP contribution in [0, 0.1) is 6.08 Å². The van der Waals surface area contributed by atoms with Gasteiger partial charge in [0.2, 0.25) is 0 Å². The number of fused-ring (bicyclic) bond motifs is 4. The summed E-state index contributed by atoms with van der Waals surface area (Å²) in [5, 5.41) is 1.17. The van der Waals surface area contributed by atoms with Gasteiger partial charge in [0.1, 0.15) is 0 Å². The number of hydrogen-bond acceptors (Lipinski definition) is 1. The van der Waals surface area contributed by atoms with E-state index < -0.39 is 0 Å². The zero-order valence-corrected chi connectivity index (χ0v) is 20.5. The van der Waals surface area contributed by atoms with Crippen molar-refractivity contribution >= 4 is 10.9 Å². The number of benzene rings is 3. The van der Waals surface area contributed by atoms with E-state index in [0.717, 1.165) is 11.9 Å². The summed E-state index contributed by atoms with van der Waals surface area (Å²) in [5.41, 5.74) is 9.95. The average Bonchev–Trinajstić information content (AvgIpc) is 3.18. The summed E-state index contributed by atoms with van der Waals surface area (Å²) in [7, 11) is 0. The zero-order chi connectivity index (χ0) is 19.9. The minimum Gasteiger partial charge on any atom is -1.00 e. The molecule has 0 fully saturated rings. The van der Waals surface area contributed by atoms with Crippen LogP contribution in [0.1, 0.15) is 28.2 Å². The second kappa shape index (κ2) is 10.6. The van der Waals surface area contributed by atoms with Gasteiger partial charge < -0.3 is 24.8 Å². The van der Waals surface area contributed by atoms with E-state index in [9.17, 15) is 0 Å². The summed E-state index contributed by atoms with van der Waals surface area (Å²) in [6.07, 6.45) is 15.2. The van der Waals surface area contributed by atoms with Gasteiger partial charge in [-0.2, -0.15) is 0 Å². The van der Waals surface area contributed by atoms with E-state index in [1.165, 1.54) is 44.3 Å². The van der Waals surface area contributed by atoms with E-state index in [4.69, 9.17) is 4.98 Å². The second-order valence-corrected chi connectivity index (χ2v) is 7.91. The summed E-state index contributed by atoms with van der Waals surface area (Å²) in [5.74, 6) is 0.303. The van der Waals surface area contributed by atoms with E-state index in [1.807, 2.05) is 12.3 Å². The Bertz CT molecular complexity index is 1370. The molecule has 0 saturated carbocycles. The molecule has 0 bridgehead atoms. The van der Waals surface area contributed by atoms with Gasteiger partial charge in [-0.05, 0) is 34.9 Å². The van der Waals surface area contributed by atoms with Crippen LogP contribution in [0.5, 0.6) is 0 Å². The predicted octanol–water partition coefficient (Wildman–Crippen LogP) is 0.799. The van der Waals surface area contributed by atoms with Crippen LogP contribution < -0.4 is 24.8 Å². The van der Waals surface area contributed by atoms with Crippen molar-refractivity contribution in [2.45, 2.75) is 12.3 Å². The third kappa shape index (κ3) is 4.45. The summed E-state index contributed by atoms with van der Waals surface area (Å²) in [4.78, 5) is 4.76. The minimum atomic E-state index is 0. The first-order valence-electron chi connectivity index (χ1n) is 10.4. The second-order valence-electron chi connectivity index (χ2n) is 7.91.